The zero-order chi connectivity index (χ0) is 11.4. The van der Waals surface area contributed by atoms with E-state index in [9.17, 15) is 0 Å². The van der Waals surface area contributed by atoms with Crippen molar-refractivity contribution >= 4 is 5.95 Å². The van der Waals surface area contributed by atoms with Crippen molar-refractivity contribution < 1.29 is 4.52 Å². The molecule has 1 fully saturated rings. The fourth-order valence-corrected chi connectivity index (χ4v) is 1.86. The lowest BCUT2D eigenvalue weighted by atomic mass is 10.1. The molecule has 0 spiro atoms. The number of piperidine rings is 1. The number of hydrogen-bond donors (Lipinski definition) is 0. The van der Waals surface area contributed by atoms with E-state index in [2.05, 4.69) is 21.1 Å². The quantitative estimate of drug-likeness (QED) is 0.776. The second-order valence-electron chi connectivity index (χ2n) is 4.27. The first kappa shape index (κ1) is 10.9. The highest BCUT2D eigenvalue weighted by Gasteiger charge is 2.17. The largest absolute Gasteiger partial charge is 0.338 e. The zero-order valence-corrected chi connectivity index (χ0v) is 9.52. The Labute approximate surface area is 95.0 Å². The van der Waals surface area contributed by atoms with E-state index in [0.29, 0.717) is 18.3 Å². The van der Waals surface area contributed by atoms with Gasteiger partial charge in [0.2, 0.25) is 5.89 Å². The zero-order valence-electron chi connectivity index (χ0n) is 9.52. The Morgan fingerprint density at radius 2 is 2.19 bits per heavy atom. The van der Waals surface area contributed by atoms with E-state index in [1.165, 1.54) is 19.3 Å². The van der Waals surface area contributed by atoms with Crippen LogP contribution in [0.2, 0.25) is 0 Å². The molecule has 1 saturated heterocycles. The minimum absolute atomic E-state index is 0.0744. The standard InChI is InChI=1S/C11H16N4O/c1-9(8-12)7-10-13-11(14-16-10)15-5-3-2-4-6-15/h9H,2-7H2,1H3. The van der Waals surface area contributed by atoms with Crippen LogP contribution in [0.25, 0.3) is 0 Å². The van der Waals surface area contributed by atoms with E-state index in [4.69, 9.17) is 9.78 Å². The van der Waals surface area contributed by atoms with Crippen LogP contribution in [0.4, 0.5) is 5.95 Å². The maximum Gasteiger partial charge on any atom is 0.266 e. The third kappa shape index (κ3) is 2.51. The molecule has 1 aromatic rings. The van der Waals surface area contributed by atoms with Crippen LogP contribution in [0.15, 0.2) is 4.52 Å². The summed E-state index contributed by atoms with van der Waals surface area (Å²) in [6.45, 7) is 3.87. The predicted molar refractivity (Wildman–Crippen MR) is 58.8 cm³/mol. The van der Waals surface area contributed by atoms with Gasteiger partial charge in [-0.2, -0.15) is 10.2 Å². The molecule has 1 unspecified atom stereocenters. The minimum atomic E-state index is -0.0744. The Kier molecular flexibility index (Phi) is 3.40. The summed E-state index contributed by atoms with van der Waals surface area (Å²) >= 11 is 0. The fraction of sp³-hybridized carbons (Fsp3) is 0.727. The molecule has 1 aliphatic rings. The molecule has 5 heteroatoms. The van der Waals surface area contributed by atoms with E-state index < -0.39 is 0 Å². The monoisotopic (exact) mass is 220 g/mol. The number of rotatable bonds is 3. The fourth-order valence-electron chi connectivity index (χ4n) is 1.86. The van der Waals surface area contributed by atoms with Crippen molar-refractivity contribution in [1.82, 2.24) is 10.1 Å². The smallest absolute Gasteiger partial charge is 0.266 e. The minimum Gasteiger partial charge on any atom is -0.338 e. The van der Waals surface area contributed by atoms with E-state index in [1.54, 1.807) is 0 Å². The summed E-state index contributed by atoms with van der Waals surface area (Å²) in [5.41, 5.74) is 0. The first-order chi connectivity index (χ1) is 7.79. The second-order valence-corrected chi connectivity index (χ2v) is 4.27. The molecule has 0 N–H and O–H groups in total. The summed E-state index contributed by atoms with van der Waals surface area (Å²) in [5.74, 6) is 1.17. The summed E-state index contributed by atoms with van der Waals surface area (Å²) in [4.78, 5) is 6.47. The third-order valence-electron chi connectivity index (χ3n) is 2.80. The van der Waals surface area contributed by atoms with Crippen molar-refractivity contribution in [2.75, 3.05) is 18.0 Å². The molecular weight excluding hydrogens is 204 g/mol. The van der Waals surface area contributed by atoms with Crippen molar-refractivity contribution in [2.24, 2.45) is 5.92 Å². The lowest BCUT2D eigenvalue weighted by molar-refractivity contribution is 0.367. The topological polar surface area (TPSA) is 66.0 Å². The molecule has 16 heavy (non-hydrogen) atoms. The maximum absolute atomic E-state index is 8.70. The molecule has 1 atom stereocenters. The second kappa shape index (κ2) is 4.97. The highest BCUT2D eigenvalue weighted by molar-refractivity contribution is 5.28. The first-order valence-corrected chi connectivity index (χ1v) is 5.77. The van der Waals surface area contributed by atoms with Gasteiger partial charge < -0.3 is 9.42 Å². The Balaban J connectivity index is 1.98. The SMILES string of the molecule is CC(C#N)Cc1nc(N2CCCCC2)no1. The van der Waals surface area contributed by atoms with Gasteiger partial charge in [0, 0.05) is 19.5 Å². The molecule has 0 radical (unpaired) electrons. The summed E-state index contributed by atoms with van der Waals surface area (Å²) < 4.78 is 5.14. The third-order valence-corrected chi connectivity index (χ3v) is 2.80. The maximum atomic E-state index is 8.70. The van der Waals surface area contributed by atoms with Gasteiger partial charge in [-0.25, -0.2) is 0 Å². The molecule has 0 bridgehead atoms. The van der Waals surface area contributed by atoms with Gasteiger partial charge in [-0.15, -0.1) is 0 Å². The number of nitriles is 1. The van der Waals surface area contributed by atoms with Gasteiger partial charge in [0.15, 0.2) is 0 Å². The van der Waals surface area contributed by atoms with Gasteiger partial charge in [-0.1, -0.05) is 0 Å². The average molecular weight is 220 g/mol. The summed E-state index contributed by atoms with van der Waals surface area (Å²) in [7, 11) is 0. The van der Waals surface area contributed by atoms with Crippen LogP contribution in [-0.2, 0) is 6.42 Å². The molecule has 86 valence electrons. The van der Waals surface area contributed by atoms with Gasteiger partial charge in [-0.05, 0) is 31.3 Å². The van der Waals surface area contributed by atoms with Crippen LogP contribution in [0.3, 0.4) is 0 Å². The van der Waals surface area contributed by atoms with Gasteiger partial charge in [0.05, 0.1) is 12.0 Å². The molecule has 1 aliphatic heterocycles. The lowest BCUT2D eigenvalue weighted by Gasteiger charge is -2.24. The van der Waals surface area contributed by atoms with Crippen LogP contribution >= 0.6 is 0 Å². The van der Waals surface area contributed by atoms with E-state index >= 15 is 0 Å². The first-order valence-electron chi connectivity index (χ1n) is 5.77. The van der Waals surface area contributed by atoms with E-state index in [1.807, 2.05) is 6.92 Å². The summed E-state index contributed by atoms with van der Waals surface area (Å²) in [6.07, 6.45) is 4.21. The molecule has 0 aliphatic carbocycles. The number of aromatic nitrogens is 2. The van der Waals surface area contributed by atoms with Gasteiger partial charge >= 0.3 is 0 Å². The van der Waals surface area contributed by atoms with Crippen molar-refractivity contribution in [1.29, 1.82) is 5.26 Å². The highest BCUT2D eigenvalue weighted by atomic mass is 16.5. The molecule has 5 nitrogen and oxygen atoms in total. The lowest BCUT2D eigenvalue weighted by Crippen LogP contribution is -2.30. The van der Waals surface area contributed by atoms with Crippen LogP contribution in [-0.4, -0.2) is 23.2 Å². The average Bonchev–Trinajstić information content (AvgIpc) is 2.78. The van der Waals surface area contributed by atoms with Gasteiger partial charge in [0.1, 0.15) is 0 Å². The van der Waals surface area contributed by atoms with Crippen molar-refractivity contribution in [3.05, 3.63) is 5.89 Å². The summed E-state index contributed by atoms with van der Waals surface area (Å²) in [6, 6.07) is 2.16. The Bertz CT molecular complexity index is 376. The van der Waals surface area contributed by atoms with Crippen molar-refractivity contribution in [3.63, 3.8) is 0 Å². The Hall–Kier alpha value is -1.57. The van der Waals surface area contributed by atoms with Crippen LogP contribution < -0.4 is 4.90 Å². The van der Waals surface area contributed by atoms with Gasteiger partial charge in [0.25, 0.3) is 5.95 Å². The van der Waals surface area contributed by atoms with E-state index in [-0.39, 0.29) is 5.92 Å². The van der Waals surface area contributed by atoms with Crippen molar-refractivity contribution in [2.45, 2.75) is 32.6 Å². The Morgan fingerprint density at radius 3 is 2.88 bits per heavy atom. The number of hydrogen-bond acceptors (Lipinski definition) is 5. The molecular formula is C11H16N4O. The molecule has 2 rings (SSSR count). The molecule has 0 saturated carbocycles. The van der Waals surface area contributed by atoms with Crippen LogP contribution in [0.1, 0.15) is 32.1 Å². The normalized spacial score (nSPS) is 18.1. The number of nitrogens with zero attached hydrogens (tertiary/aromatic N) is 4. The molecule has 0 amide bonds. The summed E-state index contributed by atoms with van der Waals surface area (Å²) in [5, 5.41) is 12.7. The molecule has 1 aromatic heterocycles. The van der Waals surface area contributed by atoms with Crippen molar-refractivity contribution in [3.8, 4) is 6.07 Å². The molecule has 0 aromatic carbocycles. The van der Waals surface area contributed by atoms with Crippen LogP contribution in [0.5, 0.6) is 0 Å². The molecule has 2 heterocycles. The van der Waals surface area contributed by atoms with E-state index in [0.717, 1.165) is 13.1 Å². The Morgan fingerprint density at radius 1 is 1.44 bits per heavy atom. The highest BCUT2D eigenvalue weighted by Crippen LogP contribution is 2.17. The van der Waals surface area contributed by atoms with Crippen LogP contribution in [0, 0.1) is 17.2 Å². The predicted octanol–water partition coefficient (Wildman–Crippen LogP) is 1.76. The van der Waals surface area contributed by atoms with Gasteiger partial charge in [-0.3, -0.25) is 0 Å². The number of anilines is 1.